The van der Waals surface area contributed by atoms with Gasteiger partial charge in [0.1, 0.15) is 13.2 Å². The molecule has 0 rings (SSSR count). The number of hydrogen-bond donors (Lipinski definition) is 1. The Bertz CT molecular complexity index is 1480. The normalized spacial score (nSPS) is 13.5. The van der Waals surface area contributed by atoms with Gasteiger partial charge in [0.2, 0.25) is 0 Å². The maximum atomic E-state index is 12.8. The van der Waals surface area contributed by atoms with Crippen molar-refractivity contribution in [3.8, 4) is 0 Å². The second-order valence-corrected chi connectivity index (χ2v) is 19.9. The van der Waals surface area contributed by atoms with Gasteiger partial charge >= 0.3 is 17.9 Å². The predicted molar refractivity (Wildman–Crippen MR) is 299 cm³/mol. The molecule has 0 saturated carbocycles. The van der Waals surface area contributed by atoms with Crippen molar-refractivity contribution in [2.24, 2.45) is 0 Å². The van der Waals surface area contributed by atoms with Crippen LogP contribution in [0.1, 0.15) is 219 Å². The number of hydrogen-bond acceptors (Lipinski definition) is 7. The summed E-state index contributed by atoms with van der Waals surface area (Å²) in [6.07, 6.45) is 68.2. The molecule has 0 heterocycles. The first-order chi connectivity index (χ1) is 34.6. The van der Waals surface area contributed by atoms with Gasteiger partial charge in [-0.3, -0.25) is 9.59 Å². The highest BCUT2D eigenvalue weighted by molar-refractivity contribution is 5.72. The van der Waals surface area contributed by atoms with E-state index in [2.05, 4.69) is 92.8 Å². The third-order valence-corrected chi connectivity index (χ3v) is 11.9. The Morgan fingerprint density at radius 3 is 1.27 bits per heavy atom. The molecule has 406 valence electrons. The quantitative estimate of drug-likeness (QED) is 0.0211. The highest BCUT2D eigenvalue weighted by Crippen LogP contribution is 2.15. The lowest BCUT2D eigenvalue weighted by Gasteiger charge is -2.25. The van der Waals surface area contributed by atoms with E-state index in [1.165, 1.54) is 128 Å². The Morgan fingerprint density at radius 1 is 0.451 bits per heavy atom. The van der Waals surface area contributed by atoms with E-state index >= 15 is 0 Å². The van der Waals surface area contributed by atoms with E-state index in [1.807, 2.05) is 33.3 Å². The molecule has 0 amide bonds. The van der Waals surface area contributed by atoms with Gasteiger partial charge in [-0.1, -0.05) is 227 Å². The molecule has 0 bridgehead atoms. The van der Waals surface area contributed by atoms with Crippen molar-refractivity contribution in [3.63, 3.8) is 0 Å². The molecule has 1 N–H and O–H groups in total. The summed E-state index contributed by atoms with van der Waals surface area (Å²) in [6, 6.07) is 0. The lowest BCUT2D eigenvalue weighted by molar-refractivity contribution is -0.870. The molecule has 0 aromatic rings. The van der Waals surface area contributed by atoms with Crippen molar-refractivity contribution in [1.82, 2.24) is 0 Å². The summed E-state index contributed by atoms with van der Waals surface area (Å²) in [5, 5.41) is 9.67. The van der Waals surface area contributed by atoms with Gasteiger partial charge in [0.05, 0.1) is 40.8 Å². The summed E-state index contributed by atoms with van der Waals surface area (Å²) in [7, 11) is 5.93. The zero-order chi connectivity index (χ0) is 52.0. The number of carbonyl (C=O) groups is 3. The van der Waals surface area contributed by atoms with Crippen molar-refractivity contribution in [1.29, 1.82) is 0 Å². The van der Waals surface area contributed by atoms with Crippen LogP contribution in [0.25, 0.3) is 0 Å². The molecule has 0 aliphatic rings. The number of carboxylic acids is 1. The molecule has 0 saturated heterocycles. The second kappa shape index (κ2) is 52.5. The Hall–Kier alpha value is -3.79. The van der Waals surface area contributed by atoms with Crippen LogP contribution in [0.3, 0.4) is 0 Å². The van der Waals surface area contributed by atoms with Crippen LogP contribution in [0.2, 0.25) is 0 Å². The Kier molecular flexibility index (Phi) is 49.7. The summed E-state index contributed by atoms with van der Waals surface area (Å²) in [5.41, 5.74) is 0. The Labute approximate surface area is 435 Å². The molecule has 2 atom stereocenters. The van der Waals surface area contributed by atoms with E-state index in [4.69, 9.17) is 18.9 Å². The van der Waals surface area contributed by atoms with Crippen molar-refractivity contribution in [2.75, 3.05) is 47.5 Å². The first-order valence-corrected chi connectivity index (χ1v) is 28.4. The predicted octanol–water partition coefficient (Wildman–Crippen LogP) is 16.6. The van der Waals surface area contributed by atoms with E-state index < -0.39 is 24.3 Å². The standard InChI is InChI=1S/C62H105NO8/c1-6-8-10-12-14-16-18-20-22-23-24-25-26-27-28-29-30-31-32-33-34-35-36-37-39-40-42-44-46-48-50-52-59(64)69-56-58(57-70-62(61(66)67)68-55-54-63(3,4)5)71-60(65)53-51-49-47-45-43-41-38-21-19-17-15-13-11-9-7-2/h9,11,15,17-18,20-21,23-24,26-27,38,43,45,49,51,58,62H,6-8,10,12-14,16,19,22,25,28-37,39-42,44,46-48,50,52-57H2,1-5H3/p+1/b11-9-,17-15-,20-18-,24-23-,27-26-,38-21-,45-43-,51-49-. The minimum Gasteiger partial charge on any atom is -0.477 e. The van der Waals surface area contributed by atoms with E-state index in [1.54, 1.807) is 6.08 Å². The largest absolute Gasteiger partial charge is 0.477 e. The third-order valence-electron chi connectivity index (χ3n) is 11.9. The third kappa shape index (κ3) is 53.8. The topological polar surface area (TPSA) is 108 Å². The van der Waals surface area contributed by atoms with Crippen LogP contribution in [0, 0.1) is 0 Å². The number of unbranched alkanes of at least 4 members (excludes halogenated alkanes) is 21. The van der Waals surface area contributed by atoms with Crippen LogP contribution in [0.15, 0.2) is 97.2 Å². The number of likely N-dealkylation sites (N-methyl/N-ethyl adjacent to an activating group) is 1. The lowest BCUT2D eigenvalue weighted by Crippen LogP contribution is -2.40. The minimum absolute atomic E-state index is 0.0243. The van der Waals surface area contributed by atoms with Gasteiger partial charge in [0, 0.05) is 6.42 Å². The summed E-state index contributed by atoms with van der Waals surface area (Å²) < 4.78 is 22.7. The number of carboxylic acid groups (broad SMARTS) is 1. The Morgan fingerprint density at radius 2 is 0.845 bits per heavy atom. The van der Waals surface area contributed by atoms with E-state index in [9.17, 15) is 19.5 Å². The van der Waals surface area contributed by atoms with Crippen LogP contribution in [0.4, 0.5) is 0 Å². The van der Waals surface area contributed by atoms with Crippen molar-refractivity contribution < 1.29 is 42.9 Å². The molecule has 0 aromatic heterocycles. The molecular formula is C62H106NO8+. The highest BCUT2D eigenvalue weighted by Gasteiger charge is 2.25. The fraction of sp³-hybridized carbons (Fsp3) is 0.694. The number of aliphatic carboxylic acids is 1. The van der Waals surface area contributed by atoms with Gasteiger partial charge in [-0.2, -0.15) is 0 Å². The number of quaternary nitrogens is 1. The van der Waals surface area contributed by atoms with Gasteiger partial charge in [-0.25, -0.2) is 4.79 Å². The molecule has 0 fully saturated rings. The van der Waals surface area contributed by atoms with Gasteiger partial charge in [0.15, 0.2) is 6.10 Å². The average Bonchev–Trinajstić information content (AvgIpc) is 3.34. The average molecular weight is 994 g/mol. The van der Waals surface area contributed by atoms with E-state index in [0.717, 1.165) is 57.8 Å². The first-order valence-electron chi connectivity index (χ1n) is 28.4. The van der Waals surface area contributed by atoms with Gasteiger partial charge in [-0.05, 0) is 77.0 Å². The smallest absolute Gasteiger partial charge is 0.361 e. The first kappa shape index (κ1) is 67.2. The fourth-order valence-corrected chi connectivity index (χ4v) is 7.51. The van der Waals surface area contributed by atoms with Crippen LogP contribution in [-0.2, 0) is 33.3 Å². The van der Waals surface area contributed by atoms with Crippen molar-refractivity contribution in [2.45, 2.75) is 232 Å². The zero-order valence-corrected chi connectivity index (χ0v) is 46.1. The number of rotatable bonds is 51. The number of carbonyl (C=O) groups excluding carboxylic acids is 2. The summed E-state index contributed by atoms with van der Waals surface area (Å²) in [4.78, 5) is 37.3. The van der Waals surface area contributed by atoms with Gasteiger partial charge < -0.3 is 28.5 Å². The zero-order valence-electron chi connectivity index (χ0n) is 46.1. The van der Waals surface area contributed by atoms with Crippen LogP contribution in [0.5, 0.6) is 0 Å². The van der Waals surface area contributed by atoms with Crippen molar-refractivity contribution >= 4 is 17.9 Å². The number of ether oxygens (including phenoxy) is 4. The Balaban J connectivity index is 4.21. The molecular weight excluding hydrogens is 887 g/mol. The van der Waals surface area contributed by atoms with Crippen LogP contribution in [-0.4, -0.2) is 87.4 Å². The molecule has 0 spiro atoms. The molecule has 0 radical (unpaired) electrons. The lowest BCUT2D eigenvalue weighted by atomic mass is 10.0. The molecule has 9 heteroatoms. The second-order valence-electron chi connectivity index (χ2n) is 19.9. The molecule has 0 aliphatic carbocycles. The summed E-state index contributed by atoms with van der Waals surface area (Å²) in [5.74, 6) is -2.18. The van der Waals surface area contributed by atoms with Crippen LogP contribution >= 0.6 is 0 Å². The van der Waals surface area contributed by atoms with Crippen molar-refractivity contribution in [3.05, 3.63) is 97.2 Å². The van der Waals surface area contributed by atoms with E-state index in [0.29, 0.717) is 17.4 Å². The molecule has 71 heavy (non-hydrogen) atoms. The minimum atomic E-state index is -1.54. The monoisotopic (exact) mass is 993 g/mol. The van der Waals surface area contributed by atoms with Crippen LogP contribution < -0.4 is 0 Å². The highest BCUT2D eigenvalue weighted by atomic mass is 16.7. The summed E-state index contributed by atoms with van der Waals surface area (Å²) in [6.45, 7) is 4.63. The fourth-order valence-electron chi connectivity index (χ4n) is 7.51. The number of nitrogens with zero attached hydrogens (tertiary/aromatic N) is 1. The molecule has 9 nitrogen and oxygen atoms in total. The molecule has 0 aliphatic heterocycles. The SMILES string of the molecule is CC/C=C\C/C=C\C/C=C\C/C=C\C/C=C\CC(=O)OC(COC(=O)CCCCCCCCCCCCCCCCCC/C=C\C/C=C\C/C=C\CCCCCCC)COC(OCC[N+](C)(C)C)C(=O)O. The van der Waals surface area contributed by atoms with Gasteiger partial charge in [-0.15, -0.1) is 0 Å². The molecule has 0 aromatic carbocycles. The number of allylic oxidation sites excluding steroid dienone is 15. The number of esters is 2. The molecule has 2 unspecified atom stereocenters. The summed E-state index contributed by atoms with van der Waals surface area (Å²) >= 11 is 0. The van der Waals surface area contributed by atoms with Gasteiger partial charge in [0.25, 0.3) is 6.29 Å². The van der Waals surface area contributed by atoms with E-state index in [-0.39, 0.29) is 38.6 Å². The maximum absolute atomic E-state index is 12.8. The maximum Gasteiger partial charge on any atom is 0.361 e.